The minimum atomic E-state index is -0.345. The number of amides is 1. The summed E-state index contributed by atoms with van der Waals surface area (Å²) < 4.78 is 5.39. The predicted molar refractivity (Wildman–Crippen MR) is 63.9 cm³/mol. The third-order valence-corrected chi connectivity index (χ3v) is 2.90. The maximum Gasteiger partial charge on any atom is 0.257 e. The lowest BCUT2D eigenvalue weighted by molar-refractivity contribution is -0.122. The zero-order chi connectivity index (χ0) is 12.3. The molecule has 0 heterocycles. The Morgan fingerprint density at radius 3 is 3.18 bits per heavy atom. The van der Waals surface area contributed by atoms with Gasteiger partial charge in [-0.05, 0) is 43.0 Å². The molecule has 4 nitrogen and oxygen atoms in total. The van der Waals surface area contributed by atoms with Crippen LogP contribution in [0.15, 0.2) is 18.2 Å². The molecule has 0 saturated carbocycles. The Morgan fingerprint density at radius 1 is 1.59 bits per heavy atom. The first kappa shape index (κ1) is 11.9. The molecule has 1 atom stereocenters. The Kier molecular flexibility index (Phi) is 3.64. The van der Waals surface area contributed by atoms with E-state index >= 15 is 0 Å². The molecule has 1 aromatic carbocycles. The highest BCUT2D eigenvalue weighted by Gasteiger charge is 2.20. The number of aliphatic hydroxyl groups is 1. The number of benzene rings is 1. The third kappa shape index (κ3) is 2.77. The lowest BCUT2D eigenvalue weighted by Crippen LogP contribution is -2.28. The van der Waals surface area contributed by atoms with Gasteiger partial charge in [0, 0.05) is 6.54 Å². The fourth-order valence-electron chi connectivity index (χ4n) is 2.06. The van der Waals surface area contributed by atoms with Gasteiger partial charge in [0.2, 0.25) is 0 Å². The van der Waals surface area contributed by atoms with Crippen LogP contribution in [0.25, 0.3) is 0 Å². The van der Waals surface area contributed by atoms with E-state index in [-0.39, 0.29) is 18.6 Å². The molecule has 1 aliphatic rings. The summed E-state index contributed by atoms with van der Waals surface area (Å²) in [5.74, 6) is 0.567. The number of nitrogens with one attached hydrogen (secondary N) is 1. The molecule has 0 bridgehead atoms. The normalized spacial score (nSPS) is 17.6. The number of fused-ring (bicyclic) bond motifs is 1. The van der Waals surface area contributed by atoms with Crippen LogP contribution in [-0.4, -0.2) is 24.2 Å². The van der Waals surface area contributed by atoms with E-state index in [2.05, 4.69) is 5.32 Å². The van der Waals surface area contributed by atoms with Crippen molar-refractivity contribution in [3.05, 3.63) is 29.3 Å². The molecule has 2 rings (SSSR count). The minimum Gasteiger partial charge on any atom is -0.484 e. The Morgan fingerprint density at radius 2 is 2.41 bits per heavy atom. The highest BCUT2D eigenvalue weighted by atomic mass is 16.5. The van der Waals surface area contributed by atoms with E-state index in [0.29, 0.717) is 12.3 Å². The molecule has 1 amide bonds. The van der Waals surface area contributed by atoms with Crippen LogP contribution in [0.2, 0.25) is 0 Å². The van der Waals surface area contributed by atoms with E-state index < -0.39 is 0 Å². The Labute approximate surface area is 101 Å². The second-order valence-corrected chi connectivity index (χ2v) is 4.16. The zero-order valence-electron chi connectivity index (χ0n) is 9.90. The summed E-state index contributed by atoms with van der Waals surface area (Å²) >= 11 is 0. The average molecular weight is 235 g/mol. The van der Waals surface area contributed by atoms with Crippen LogP contribution < -0.4 is 10.1 Å². The molecule has 1 aromatic rings. The number of aryl methyl sites for hydroxylation is 1. The van der Waals surface area contributed by atoms with Crippen molar-refractivity contribution in [3.8, 4) is 5.75 Å². The molecule has 2 N–H and O–H groups in total. The van der Waals surface area contributed by atoms with Crippen molar-refractivity contribution in [2.75, 3.05) is 13.2 Å². The number of hydrogen-bond acceptors (Lipinski definition) is 3. The molecule has 92 valence electrons. The van der Waals surface area contributed by atoms with Gasteiger partial charge in [0.1, 0.15) is 5.75 Å². The maximum absolute atomic E-state index is 11.2. The summed E-state index contributed by atoms with van der Waals surface area (Å²) in [4.78, 5) is 11.2. The van der Waals surface area contributed by atoms with Gasteiger partial charge in [-0.1, -0.05) is 6.07 Å². The van der Waals surface area contributed by atoms with E-state index in [0.717, 1.165) is 24.0 Å². The summed E-state index contributed by atoms with van der Waals surface area (Å²) in [5.41, 5.74) is 2.10. The van der Waals surface area contributed by atoms with Crippen LogP contribution in [0.4, 0.5) is 0 Å². The number of likely N-dealkylation sites (N-methyl/N-ethyl adjacent to an activating group) is 1. The number of ether oxygens (including phenoxy) is 1. The Hall–Kier alpha value is -1.55. The van der Waals surface area contributed by atoms with Crippen LogP contribution >= 0.6 is 0 Å². The van der Waals surface area contributed by atoms with Gasteiger partial charge in [0.15, 0.2) is 6.61 Å². The van der Waals surface area contributed by atoms with E-state index in [1.165, 1.54) is 0 Å². The summed E-state index contributed by atoms with van der Waals surface area (Å²) in [6.45, 7) is 2.52. The Bertz CT molecular complexity index is 417. The SMILES string of the molecule is CCNC(=O)COc1ccc2c(c1)CC[C@@H]2O. The van der Waals surface area contributed by atoms with Crippen molar-refractivity contribution in [1.29, 1.82) is 0 Å². The summed E-state index contributed by atoms with van der Waals surface area (Å²) in [5, 5.41) is 12.3. The largest absolute Gasteiger partial charge is 0.484 e. The molecule has 0 saturated heterocycles. The average Bonchev–Trinajstić information content (AvgIpc) is 2.69. The van der Waals surface area contributed by atoms with Crippen molar-refractivity contribution in [2.24, 2.45) is 0 Å². The molecule has 0 unspecified atom stereocenters. The second-order valence-electron chi connectivity index (χ2n) is 4.16. The fraction of sp³-hybridized carbons (Fsp3) is 0.462. The number of carbonyl (C=O) groups excluding carboxylic acids is 1. The molecule has 1 aliphatic carbocycles. The van der Waals surface area contributed by atoms with Gasteiger partial charge < -0.3 is 15.2 Å². The first-order chi connectivity index (χ1) is 8.20. The zero-order valence-corrected chi connectivity index (χ0v) is 9.90. The standard InChI is InChI=1S/C13H17NO3/c1-2-14-13(16)8-17-10-4-5-11-9(7-10)3-6-12(11)15/h4-5,7,12,15H,2-3,6,8H2,1H3,(H,14,16)/t12-/m0/s1. The van der Waals surface area contributed by atoms with Gasteiger partial charge in [-0.25, -0.2) is 0 Å². The molecule has 0 aliphatic heterocycles. The van der Waals surface area contributed by atoms with E-state index in [1.807, 2.05) is 19.1 Å². The van der Waals surface area contributed by atoms with Crippen LogP contribution in [-0.2, 0) is 11.2 Å². The van der Waals surface area contributed by atoms with Gasteiger partial charge in [-0.15, -0.1) is 0 Å². The second kappa shape index (κ2) is 5.19. The lowest BCUT2D eigenvalue weighted by Gasteiger charge is -2.08. The van der Waals surface area contributed by atoms with Gasteiger partial charge in [0.05, 0.1) is 6.10 Å². The first-order valence-electron chi connectivity index (χ1n) is 5.91. The van der Waals surface area contributed by atoms with Crippen molar-refractivity contribution in [1.82, 2.24) is 5.32 Å². The number of hydrogen-bond donors (Lipinski definition) is 2. The van der Waals surface area contributed by atoms with Crippen LogP contribution in [0.3, 0.4) is 0 Å². The van der Waals surface area contributed by atoms with Gasteiger partial charge in [0.25, 0.3) is 5.91 Å². The van der Waals surface area contributed by atoms with Gasteiger partial charge >= 0.3 is 0 Å². The van der Waals surface area contributed by atoms with E-state index in [1.54, 1.807) is 6.07 Å². The highest BCUT2D eigenvalue weighted by molar-refractivity contribution is 5.77. The molecular formula is C13H17NO3. The quantitative estimate of drug-likeness (QED) is 0.824. The van der Waals surface area contributed by atoms with Crippen LogP contribution in [0.5, 0.6) is 5.75 Å². The number of rotatable bonds is 4. The van der Waals surface area contributed by atoms with Crippen molar-refractivity contribution in [2.45, 2.75) is 25.9 Å². The molecule has 17 heavy (non-hydrogen) atoms. The predicted octanol–water partition coefficient (Wildman–Crippen LogP) is 1.18. The molecule has 0 fully saturated rings. The number of aliphatic hydroxyl groups excluding tert-OH is 1. The van der Waals surface area contributed by atoms with Crippen LogP contribution in [0, 0.1) is 0 Å². The summed E-state index contributed by atoms with van der Waals surface area (Å²) in [6.07, 6.45) is 1.30. The summed E-state index contributed by atoms with van der Waals surface area (Å²) in [6, 6.07) is 5.58. The monoisotopic (exact) mass is 235 g/mol. The molecular weight excluding hydrogens is 218 g/mol. The summed E-state index contributed by atoms with van der Waals surface area (Å²) in [7, 11) is 0. The third-order valence-electron chi connectivity index (χ3n) is 2.90. The van der Waals surface area contributed by atoms with Crippen molar-refractivity contribution < 1.29 is 14.6 Å². The fourth-order valence-corrected chi connectivity index (χ4v) is 2.06. The van der Waals surface area contributed by atoms with Crippen LogP contribution in [0.1, 0.15) is 30.6 Å². The lowest BCUT2D eigenvalue weighted by atomic mass is 10.1. The molecule has 0 radical (unpaired) electrons. The van der Waals surface area contributed by atoms with E-state index in [9.17, 15) is 9.90 Å². The van der Waals surface area contributed by atoms with Gasteiger partial charge in [-0.3, -0.25) is 4.79 Å². The molecule has 4 heteroatoms. The topological polar surface area (TPSA) is 58.6 Å². The van der Waals surface area contributed by atoms with Crippen molar-refractivity contribution in [3.63, 3.8) is 0 Å². The smallest absolute Gasteiger partial charge is 0.257 e. The number of carbonyl (C=O) groups is 1. The Balaban J connectivity index is 1.97. The van der Waals surface area contributed by atoms with E-state index in [4.69, 9.17) is 4.74 Å². The minimum absolute atomic E-state index is 0.0369. The highest BCUT2D eigenvalue weighted by Crippen LogP contribution is 2.33. The molecule has 0 spiro atoms. The maximum atomic E-state index is 11.2. The van der Waals surface area contributed by atoms with Gasteiger partial charge in [-0.2, -0.15) is 0 Å². The first-order valence-corrected chi connectivity index (χ1v) is 5.91. The van der Waals surface area contributed by atoms with Crippen molar-refractivity contribution >= 4 is 5.91 Å². The molecule has 0 aromatic heterocycles.